The van der Waals surface area contributed by atoms with Crippen LogP contribution in [0.2, 0.25) is 0 Å². The van der Waals surface area contributed by atoms with Crippen molar-refractivity contribution in [2.45, 2.75) is 58.4 Å². The minimum atomic E-state index is -0.733. The average molecular weight is 277 g/mol. The van der Waals surface area contributed by atoms with Crippen molar-refractivity contribution >= 4 is 5.97 Å². The largest absolute Gasteiger partial charge is 0.481 e. The summed E-state index contributed by atoms with van der Waals surface area (Å²) in [6.45, 7) is 5.21. The molecule has 1 aromatic carbocycles. The molecule has 0 aliphatic heterocycles. The molecule has 0 aliphatic carbocycles. The Labute approximate surface area is 122 Å². The lowest BCUT2D eigenvalue weighted by molar-refractivity contribution is -0.137. The normalized spacial score (nSPS) is 12.3. The van der Waals surface area contributed by atoms with Crippen molar-refractivity contribution in [1.82, 2.24) is 5.32 Å². The fourth-order valence-corrected chi connectivity index (χ4v) is 2.30. The van der Waals surface area contributed by atoms with Gasteiger partial charge in [-0.3, -0.25) is 4.79 Å². The van der Waals surface area contributed by atoms with Gasteiger partial charge in [-0.2, -0.15) is 0 Å². The zero-order chi connectivity index (χ0) is 14.8. The van der Waals surface area contributed by atoms with Gasteiger partial charge in [0.25, 0.3) is 0 Å². The van der Waals surface area contributed by atoms with Crippen LogP contribution in [-0.4, -0.2) is 23.7 Å². The Morgan fingerprint density at radius 1 is 1.15 bits per heavy atom. The van der Waals surface area contributed by atoms with Crippen LogP contribution in [0, 0.1) is 0 Å². The van der Waals surface area contributed by atoms with Gasteiger partial charge in [-0.1, -0.05) is 51.0 Å². The first-order chi connectivity index (χ1) is 9.65. The van der Waals surface area contributed by atoms with Gasteiger partial charge in [-0.15, -0.1) is 0 Å². The van der Waals surface area contributed by atoms with Crippen molar-refractivity contribution < 1.29 is 9.90 Å². The van der Waals surface area contributed by atoms with Crippen LogP contribution in [0.1, 0.15) is 50.7 Å². The molecule has 0 saturated carbocycles. The molecule has 2 N–H and O–H groups in total. The molecular formula is C17H27NO2. The molecule has 0 saturated heterocycles. The van der Waals surface area contributed by atoms with Gasteiger partial charge in [0.15, 0.2) is 0 Å². The molecule has 112 valence electrons. The van der Waals surface area contributed by atoms with Crippen LogP contribution in [0.25, 0.3) is 0 Å². The summed E-state index contributed by atoms with van der Waals surface area (Å²) in [5.41, 5.74) is 2.52. The van der Waals surface area contributed by atoms with Crippen LogP contribution in [0.4, 0.5) is 0 Å². The van der Waals surface area contributed by atoms with Crippen LogP contribution < -0.4 is 5.32 Å². The SMILES string of the molecule is CCCCCNC(CC(=O)O)Cc1ccc(CC)cc1. The maximum atomic E-state index is 10.9. The van der Waals surface area contributed by atoms with E-state index in [0.717, 1.165) is 25.8 Å². The minimum Gasteiger partial charge on any atom is -0.481 e. The Bertz CT molecular complexity index is 386. The molecule has 0 spiro atoms. The zero-order valence-corrected chi connectivity index (χ0v) is 12.7. The van der Waals surface area contributed by atoms with Gasteiger partial charge in [-0.25, -0.2) is 0 Å². The molecule has 1 rings (SSSR count). The lowest BCUT2D eigenvalue weighted by Gasteiger charge is -2.17. The third-order valence-corrected chi connectivity index (χ3v) is 3.55. The van der Waals surface area contributed by atoms with Crippen LogP contribution >= 0.6 is 0 Å². The molecule has 0 radical (unpaired) electrons. The summed E-state index contributed by atoms with van der Waals surface area (Å²) in [6, 6.07) is 8.51. The van der Waals surface area contributed by atoms with Gasteiger partial charge < -0.3 is 10.4 Å². The summed E-state index contributed by atoms with van der Waals surface area (Å²) in [5, 5.41) is 12.4. The van der Waals surface area contributed by atoms with E-state index in [1.54, 1.807) is 0 Å². The van der Waals surface area contributed by atoms with Crippen LogP contribution in [0.15, 0.2) is 24.3 Å². The number of carboxylic acids is 1. The lowest BCUT2D eigenvalue weighted by atomic mass is 10.0. The number of unbranched alkanes of at least 4 members (excludes halogenated alkanes) is 2. The van der Waals surface area contributed by atoms with Gasteiger partial charge in [0.1, 0.15) is 0 Å². The van der Waals surface area contributed by atoms with Crippen molar-refractivity contribution in [1.29, 1.82) is 0 Å². The van der Waals surface area contributed by atoms with Crippen molar-refractivity contribution in [3.05, 3.63) is 35.4 Å². The first-order valence-corrected chi connectivity index (χ1v) is 7.68. The van der Waals surface area contributed by atoms with Crippen molar-refractivity contribution in [3.63, 3.8) is 0 Å². The highest BCUT2D eigenvalue weighted by Crippen LogP contribution is 2.09. The van der Waals surface area contributed by atoms with Gasteiger partial charge in [-0.05, 0) is 36.9 Å². The zero-order valence-electron chi connectivity index (χ0n) is 12.7. The maximum absolute atomic E-state index is 10.9. The fraction of sp³-hybridized carbons (Fsp3) is 0.588. The molecule has 3 heteroatoms. The summed E-state index contributed by atoms with van der Waals surface area (Å²) < 4.78 is 0. The van der Waals surface area contributed by atoms with Gasteiger partial charge in [0.2, 0.25) is 0 Å². The minimum absolute atomic E-state index is 0.0248. The molecule has 1 unspecified atom stereocenters. The van der Waals surface area contributed by atoms with E-state index in [1.165, 1.54) is 24.0 Å². The van der Waals surface area contributed by atoms with E-state index < -0.39 is 5.97 Å². The highest BCUT2D eigenvalue weighted by atomic mass is 16.4. The quantitative estimate of drug-likeness (QED) is 0.644. The molecular weight excluding hydrogens is 250 g/mol. The monoisotopic (exact) mass is 277 g/mol. The van der Waals surface area contributed by atoms with Crippen LogP contribution in [0.5, 0.6) is 0 Å². The second kappa shape index (κ2) is 9.54. The first-order valence-electron chi connectivity index (χ1n) is 7.68. The highest BCUT2D eigenvalue weighted by molar-refractivity contribution is 5.67. The average Bonchev–Trinajstić information content (AvgIpc) is 2.43. The van der Waals surface area contributed by atoms with Crippen LogP contribution in [0.3, 0.4) is 0 Å². The molecule has 3 nitrogen and oxygen atoms in total. The number of benzene rings is 1. The third-order valence-electron chi connectivity index (χ3n) is 3.55. The van der Waals surface area contributed by atoms with E-state index in [2.05, 4.69) is 43.4 Å². The number of aryl methyl sites for hydroxylation is 1. The molecule has 0 aliphatic rings. The predicted molar refractivity (Wildman–Crippen MR) is 83.1 cm³/mol. The van der Waals surface area contributed by atoms with Crippen molar-refractivity contribution in [2.75, 3.05) is 6.54 Å². The lowest BCUT2D eigenvalue weighted by Crippen LogP contribution is -2.34. The number of rotatable bonds is 10. The molecule has 0 bridgehead atoms. The Balaban J connectivity index is 2.51. The predicted octanol–water partition coefficient (Wildman–Crippen LogP) is 3.41. The van der Waals surface area contributed by atoms with E-state index in [-0.39, 0.29) is 12.5 Å². The number of hydrogen-bond donors (Lipinski definition) is 2. The van der Waals surface area contributed by atoms with Crippen molar-refractivity contribution in [3.8, 4) is 0 Å². The molecule has 0 fully saturated rings. The Kier molecular flexibility index (Phi) is 7.97. The number of aliphatic carboxylic acids is 1. The maximum Gasteiger partial charge on any atom is 0.304 e. The third kappa shape index (κ3) is 6.71. The highest BCUT2D eigenvalue weighted by Gasteiger charge is 2.13. The second-order valence-corrected chi connectivity index (χ2v) is 5.33. The molecule has 1 atom stereocenters. The number of hydrogen-bond acceptors (Lipinski definition) is 2. The summed E-state index contributed by atoms with van der Waals surface area (Å²) in [6.07, 6.45) is 5.49. The Hall–Kier alpha value is -1.35. The number of nitrogens with one attached hydrogen (secondary N) is 1. The van der Waals surface area contributed by atoms with E-state index in [1.807, 2.05) is 0 Å². The van der Waals surface area contributed by atoms with E-state index in [4.69, 9.17) is 5.11 Å². The van der Waals surface area contributed by atoms with E-state index in [9.17, 15) is 4.79 Å². The second-order valence-electron chi connectivity index (χ2n) is 5.33. The van der Waals surface area contributed by atoms with Gasteiger partial charge in [0, 0.05) is 6.04 Å². The summed E-state index contributed by atoms with van der Waals surface area (Å²) in [4.78, 5) is 10.9. The van der Waals surface area contributed by atoms with Crippen molar-refractivity contribution in [2.24, 2.45) is 0 Å². The first kappa shape index (κ1) is 16.7. The topological polar surface area (TPSA) is 49.3 Å². The molecule has 20 heavy (non-hydrogen) atoms. The summed E-state index contributed by atoms with van der Waals surface area (Å²) in [5.74, 6) is -0.733. The smallest absolute Gasteiger partial charge is 0.304 e. The Morgan fingerprint density at radius 2 is 1.80 bits per heavy atom. The van der Waals surface area contributed by atoms with E-state index >= 15 is 0 Å². The van der Waals surface area contributed by atoms with Crippen LogP contribution in [-0.2, 0) is 17.6 Å². The standard InChI is InChI=1S/C17H27NO2/c1-3-5-6-11-18-16(13-17(19)20)12-15-9-7-14(4-2)8-10-15/h7-10,16,18H,3-6,11-13H2,1-2H3,(H,19,20). The van der Waals surface area contributed by atoms with Gasteiger partial charge >= 0.3 is 5.97 Å². The van der Waals surface area contributed by atoms with E-state index in [0.29, 0.717) is 0 Å². The molecule has 0 amide bonds. The molecule has 0 aromatic heterocycles. The Morgan fingerprint density at radius 3 is 2.35 bits per heavy atom. The number of carboxylic acid groups (broad SMARTS) is 1. The fourth-order valence-electron chi connectivity index (χ4n) is 2.30. The molecule has 0 heterocycles. The summed E-state index contributed by atoms with van der Waals surface area (Å²) >= 11 is 0. The van der Waals surface area contributed by atoms with Gasteiger partial charge in [0.05, 0.1) is 6.42 Å². The number of carbonyl (C=O) groups is 1. The summed E-state index contributed by atoms with van der Waals surface area (Å²) in [7, 11) is 0. The molecule has 1 aromatic rings.